The van der Waals surface area contributed by atoms with Crippen LogP contribution >= 0.6 is 11.3 Å². The van der Waals surface area contributed by atoms with Gasteiger partial charge in [0.25, 0.3) is 0 Å². The molecule has 2 aromatic rings. The number of fused-ring (bicyclic) bond motifs is 1. The molecule has 5 heteroatoms. The van der Waals surface area contributed by atoms with Crippen LogP contribution in [0.1, 0.15) is 17.8 Å². The van der Waals surface area contributed by atoms with E-state index in [9.17, 15) is 4.79 Å². The number of carbonyl (C=O) groups is 1. The van der Waals surface area contributed by atoms with E-state index in [1.807, 2.05) is 24.3 Å². The van der Waals surface area contributed by atoms with Crippen LogP contribution in [0, 0.1) is 0 Å². The largest absolute Gasteiger partial charge is 0.385 e. The van der Waals surface area contributed by atoms with Crippen molar-refractivity contribution in [3.8, 4) is 0 Å². The van der Waals surface area contributed by atoms with Crippen molar-refractivity contribution in [3.63, 3.8) is 0 Å². The van der Waals surface area contributed by atoms with Gasteiger partial charge in [-0.3, -0.25) is 4.79 Å². The lowest BCUT2D eigenvalue weighted by atomic mass is 10.1. The van der Waals surface area contributed by atoms with Gasteiger partial charge in [-0.2, -0.15) is 0 Å². The number of rotatable bonds is 7. The molecule has 0 aliphatic carbocycles. The molecule has 0 spiro atoms. The highest BCUT2D eigenvalue weighted by molar-refractivity contribution is 7.18. The third-order valence-electron chi connectivity index (χ3n) is 2.94. The van der Waals surface area contributed by atoms with Gasteiger partial charge in [0.05, 0.1) is 22.7 Å². The Morgan fingerprint density at radius 1 is 1.47 bits per heavy atom. The summed E-state index contributed by atoms with van der Waals surface area (Å²) in [5.41, 5.74) is 6.82. The maximum absolute atomic E-state index is 12.0. The second-order valence-electron chi connectivity index (χ2n) is 4.46. The second-order valence-corrected chi connectivity index (χ2v) is 5.58. The molecule has 19 heavy (non-hydrogen) atoms. The summed E-state index contributed by atoms with van der Waals surface area (Å²) in [6, 6.07) is 7.48. The number of Topliss-reactive ketones (excluding diaryl/α,β-unsaturated/α-hetero) is 1. The Balaban J connectivity index is 1.94. The molecule has 1 unspecified atom stereocenters. The molecule has 0 saturated carbocycles. The Labute approximate surface area is 116 Å². The van der Waals surface area contributed by atoms with Crippen LogP contribution < -0.4 is 5.73 Å². The molecule has 2 rings (SSSR count). The van der Waals surface area contributed by atoms with Gasteiger partial charge in [-0.05, 0) is 25.0 Å². The van der Waals surface area contributed by atoms with Crippen molar-refractivity contribution in [1.82, 2.24) is 4.98 Å². The highest BCUT2D eigenvalue weighted by atomic mass is 32.1. The average Bonchev–Trinajstić information content (AvgIpc) is 2.80. The Bertz CT molecular complexity index is 520. The zero-order chi connectivity index (χ0) is 13.7. The Kier molecular flexibility index (Phi) is 5.01. The Morgan fingerprint density at radius 3 is 3.00 bits per heavy atom. The molecular weight excluding hydrogens is 260 g/mol. The summed E-state index contributed by atoms with van der Waals surface area (Å²) in [6.45, 7) is 0.641. The lowest BCUT2D eigenvalue weighted by Crippen LogP contribution is -2.32. The van der Waals surface area contributed by atoms with Gasteiger partial charge >= 0.3 is 0 Å². The van der Waals surface area contributed by atoms with Gasteiger partial charge in [-0.15, -0.1) is 11.3 Å². The van der Waals surface area contributed by atoms with Crippen LogP contribution in [0.4, 0.5) is 0 Å². The zero-order valence-electron chi connectivity index (χ0n) is 11.0. The molecule has 0 fully saturated rings. The van der Waals surface area contributed by atoms with Crippen LogP contribution in [0.25, 0.3) is 10.2 Å². The number of para-hydroxylation sites is 1. The standard InChI is InChI=1S/C14H18N2O2S/c1-18-8-4-5-10(15)12(17)9-14-16-11-6-2-3-7-13(11)19-14/h2-3,6-7,10H,4-5,8-9,15H2,1H3. The van der Waals surface area contributed by atoms with Gasteiger partial charge in [0, 0.05) is 13.7 Å². The zero-order valence-corrected chi connectivity index (χ0v) is 11.8. The molecular formula is C14H18N2O2S. The van der Waals surface area contributed by atoms with Crippen molar-refractivity contribution in [2.75, 3.05) is 13.7 Å². The summed E-state index contributed by atoms with van der Waals surface area (Å²) in [7, 11) is 1.65. The number of nitrogens with zero attached hydrogens (tertiary/aromatic N) is 1. The summed E-state index contributed by atoms with van der Waals surface area (Å²) in [5, 5.41) is 0.841. The van der Waals surface area contributed by atoms with Crippen LogP contribution in [-0.4, -0.2) is 30.5 Å². The quantitative estimate of drug-likeness (QED) is 0.788. The third kappa shape index (κ3) is 3.83. The predicted molar refractivity (Wildman–Crippen MR) is 77.4 cm³/mol. The SMILES string of the molecule is COCCCC(N)C(=O)Cc1nc2ccccc2s1. The number of ether oxygens (including phenoxy) is 1. The van der Waals surface area contributed by atoms with Gasteiger partial charge in [-0.1, -0.05) is 12.1 Å². The minimum Gasteiger partial charge on any atom is -0.385 e. The fraction of sp³-hybridized carbons (Fsp3) is 0.429. The Hall–Kier alpha value is -1.30. The van der Waals surface area contributed by atoms with E-state index in [2.05, 4.69) is 4.98 Å². The molecule has 0 radical (unpaired) electrons. The number of benzene rings is 1. The normalized spacial score (nSPS) is 12.7. The first kappa shape index (κ1) is 14.1. The number of hydrogen-bond acceptors (Lipinski definition) is 5. The first-order valence-electron chi connectivity index (χ1n) is 6.32. The van der Waals surface area contributed by atoms with Gasteiger partial charge < -0.3 is 10.5 Å². The minimum absolute atomic E-state index is 0.0511. The van der Waals surface area contributed by atoms with E-state index in [4.69, 9.17) is 10.5 Å². The monoisotopic (exact) mass is 278 g/mol. The van der Waals surface area contributed by atoms with E-state index in [1.54, 1.807) is 18.4 Å². The number of thiazole rings is 1. The topological polar surface area (TPSA) is 65.2 Å². The van der Waals surface area contributed by atoms with Gasteiger partial charge in [0.2, 0.25) is 0 Å². The maximum Gasteiger partial charge on any atom is 0.156 e. The van der Waals surface area contributed by atoms with Crippen LogP contribution in [0.5, 0.6) is 0 Å². The number of carbonyl (C=O) groups excluding carboxylic acids is 1. The maximum atomic E-state index is 12.0. The summed E-state index contributed by atoms with van der Waals surface area (Å²) >= 11 is 1.56. The van der Waals surface area contributed by atoms with Crippen molar-refractivity contribution in [3.05, 3.63) is 29.3 Å². The van der Waals surface area contributed by atoms with Crippen LogP contribution in [0.3, 0.4) is 0 Å². The first-order valence-corrected chi connectivity index (χ1v) is 7.14. The molecule has 0 saturated heterocycles. The van der Waals surface area contributed by atoms with Crippen molar-refractivity contribution in [2.24, 2.45) is 5.73 Å². The van der Waals surface area contributed by atoms with Crippen molar-refractivity contribution < 1.29 is 9.53 Å². The number of nitrogens with two attached hydrogens (primary N) is 1. The average molecular weight is 278 g/mol. The van der Waals surface area contributed by atoms with Crippen molar-refractivity contribution in [2.45, 2.75) is 25.3 Å². The summed E-state index contributed by atoms with van der Waals surface area (Å²) < 4.78 is 6.06. The molecule has 0 bridgehead atoms. The molecule has 0 amide bonds. The van der Waals surface area contributed by atoms with Gasteiger partial charge in [0.1, 0.15) is 5.01 Å². The number of methoxy groups -OCH3 is 1. The number of aromatic nitrogens is 1. The smallest absolute Gasteiger partial charge is 0.156 e. The van der Waals surface area contributed by atoms with E-state index in [0.717, 1.165) is 21.6 Å². The minimum atomic E-state index is -0.415. The second kappa shape index (κ2) is 6.75. The number of hydrogen-bond donors (Lipinski definition) is 1. The molecule has 1 aromatic carbocycles. The Morgan fingerprint density at radius 2 is 2.26 bits per heavy atom. The highest BCUT2D eigenvalue weighted by Gasteiger charge is 2.15. The van der Waals surface area contributed by atoms with Gasteiger partial charge in [0.15, 0.2) is 5.78 Å². The van der Waals surface area contributed by atoms with E-state index >= 15 is 0 Å². The first-order chi connectivity index (χ1) is 9.20. The molecule has 2 N–H and O–H groups in total. The lowest BCUT2D eigenvalue weighted by molar-refractivity contribution is -0.119. The molecule has 4 nitrogen and oxygen atoms in total. The summed E-state index contributed by atoms with van der Waals surface area (Å²) in [5.74, 6) is 0.0511. The molecule has 0 aliphatic heterocycles. The predicted octanol–water partition coefficient (Wildman–Crippen LogP) is 2.16. The summed E-state index contributed by atoms with van der Waals surface area (Å²) in [4.78, 5) is 16.4. The van der Waals surface area contributed by atoms with Gasteiger partial charge in [-0.25, -0.2) is 4.98 Å². The van der Waals surface area contributed by atoms with Crippen molar-refractivity contribution >= 4 is 27.3 Å². The van der Waals surface area contributed by atoms with E-state index in [0.29, 0.717) is 19.4 Å². The van der Waals surface area contributed by atoms with E-state index in [-0.39, 0.29) is 5.78 Å². The fourth-order valence-corrected chi connectivity index (χ4v) is 2.86. The van der Waals surface area contributed by atoms with Crippen molar-refractivity contribution in [1.29, 1.82) is 0 Å². The molecule has 102 valence electrons. The molecule has 1 atom stereocenters. The molecule has 0 aliphatic rings. The molecule has 1 heterocycles. The van der Waals surface area contributed by atoms with Crippen LogP contribution in [-0.2, 0) is 16.0 Å². The van der Waals surface area contributed by atoms with Crippen LogP contribution in [0.15, 0.2) is 24.3 Å². The fourth-order valence-electron chi connectivity index (χ4n) is 1.88. The van der Waals surface area contributed by atoms with E-state index in [1.165, 1.54) is 0 Å². The highest BCUT2D eigenvalue weighted by Crippen LogP contribution is 2.22. The van der Waals surface area contributed by atoms with Crippen LogP contribution in [0.2, 0.25) is 0 Å². The van der Waals surface area contributed by atoms with E-state index < -0.39 is 6.04 Å². The summed E-state index contributed by atoms with van der Waals surface area (Å²) in [6.07, 6.45) is 1.80. The molecule has 1 aromatic heterocycles. The lowest BCUT2D eigenvalue weighted by Gasteiger charge is -2.08. The third-order valence-corrected chi connectivity index (χ3v) is 3.98. The number of ketones is 1.